The van der Waals surface area contributed by atoms with Crippen LogP contribution in [0.25, 0.3) is 0 Å². The summed E-state index contributed by atoms with van der Waals surface area (Å²) in [6.07, 6.45) is 10.9. The number of fused-ring (bicyclic) bond motifs is 5. The number of carbonyl (C=O) groups excluding carboxylic acids is 2. The van der Waals surface area contributed by atoms with Crippen LogP contribution < -0.4 is 0 Å². The van der Waals surface area contributed by atoms with E-state index in [9.17, 15) is 9.59 Å². The zero-order valence-corrected chi connectivity index (χ0v) is 21.0. The van der Waals surface area contributed by atoms with E-state index in [4.69, 9.17) is 0 Å². The van der Waals surface area contributed by atoms with Crippen LogP contribution in [0.2, 0.25) is 0 Å². The number of amides is 1. The van der Waals surface area contributed by atoms with Crippen LogP contribution in [0.15, 0.2) is 0 Å². The van der Waals surface area contributed by atoms with Crippen molar-refractivity contribution in [2.24, 2.45) is 52.8 Å². The molecule has 4 aliphatic carbocycles. The van der Waals surface area contributed by atoms with Gasteiger partial charge in [-0.15, -0.1) is 0 Å². The standard InChI is InChI=1S/C28H46N2O2/c1-18-15-21-5-6-23-22(24(21)16-19(18)2)9-10-28(4)25(23)7-8-26(28)27(32)17-29-11-13-30(14-12-29)20(3)31/h18-19,21-26H,5-17H2,1-4H3. The summed E-state index contributed by atoms with van der Waals surface area (Å²) < 4.78 is 0. The van der Waals surface area contributed by atoms with Gasteiger partial charge in [-0.1, -0.05) is 20.8 Å². The maximum absolute atomic E-state index is 13.5. The fraction of sp³-hybridized carbons (Fsp3) is 0.929. The van der Waals surface area contributed by atoms with Gasteiger partial charge in [0.1, 0.15) is 5.78 Å². The summed E-state index contributed by atoms with van der Waals surface area (Å²) in [5, 5.41) is 0. The van der Waals surface area contributed by atoms with Crippen LogP contribution in [0.5, 0.6) is 0 Å². The van der Waals surface area contributed by atoms with Gasteiger partial charge in [-0.3, -0.25) is 14.5 Å². The Balaban J connectivity index is 1.23. The van der Waals surface area contributed by atoms with E-state index in [1.165, 1.54) is 44.9 Å². The topological polar surface area (TPSA) is 40.6 Å². The van der Waals surface area contributed by atoms with E-state index in [0.29, 0.717) is 12.3 Å². The molecule has 9 unspecified atom stereocenters. The van der Waals surface area contributed by atoms with Crippen molar-refractivity contribution in [2.45, 2.75) is 79.1 Å². The molecule has 9 atom stereocenters. The van der Waals surface area contributed by atoms with Crippen molar-refractivity contribution in [1.82, 2.24) is 9.80 Å². The van der Waals surface area contributed by atoms with Gasteiger partial charge in [-0.2, -0.15) is 0 Å². The van der Waals surface area contributed by atoms with E-state index in [2.05, 4.69) is 25.7 Å². The third kappa shape index (κ3) is 3.87. The van der Waals surface area contributed by atoms with Gasteiger partial charge in [-0.05, 0) is 98.2 Å². The van der Waals surface area contributed by atoms with E-state index in [-0.39, 0.29) is 17.2 Å². The molecule has 5 rings (SSSR count). The number of ketones is 1. The largest absolute Gasteiger partial charge is 0.340 e. The molecule has 5 fully saturated rings. The second-order valence-corrected chi connectivity index (χ2v) is 12.8. The third-order valence-electron chi connectivity index (χ3n) is 11.4. The van der Waals surface area contributed by atoms with Gasteiger partial charge in [0.2, 0.25) is 5.91 Å². The number of hydrogen-bond acceptors (Lipinski definition) is 3. The number of nitrogens with zero attached hydrogens (tertiary/aromatic N) is 2. The molecule has 5 aliphatic rings. The van der Waals surface area contributed by atoms with Gasteiger partial charge < -0.3 is 4.90 Å². The summed E-state index contributed by atoms with van der Waals surface area (Å²) in [6.45, 7) is 13.0. The van der Waals surface area contributed by atoms with Crippen LogP contribution in [0.1, 0.15) is 79.1 Å². The molecule has 0 aromatic heterocycles. The van der Waals surface area contributed by atoms with Crippen molar-refractivity contribution in [3.63, 3.8) is 0 Å². The fourth-order valence-corrected chi connectivity index (χ4v) is 9.35. The zero-order valence-electron chi connectivity index (χ0n) is 21.0. The monoisotopic (exact) mass is 442 g/mol. The van der Waals surface area contributed by atoms with E-state index >= 15 is 0 Å². The smallest absolute Gasteiger partial charge is 0.219 e. The van der Waals surface area contributed by atoms with Crippen molar-refractivity contribution in [1.29, 1.82) is 0 Å². The molecule has 1 aliphatic heterocycles. The third-order valence-corrected chi connectivity index (χ3v) is 11.4. The lowest BCUT2D eigenvalue weighted by Gasteiger charge is -2.57. The first kappa shape index (κ1) is 22.9. The lowest BCUT2D eigenvalue weighted by Crippen LogP contribution is -2.52. The maximum Gasteiger partial charge on any atom is 0.219 e. The first-order valence-electron chi connectivity index (χ1n) is 13.8. The summed E-state index contributed by atoms with van der Waals surface area (Å²) in [7, 11) is 0. The Morgan fingerprint density at radius 2 is 1.56 bits per heavy atom. The van der Waals surface area contributed by atoms with Crippen molar-refractivity contribution >= 4 is 11.7 Å². The van der Waals surface area contributed by atoms with Gasteiger partial charge >= 0.3 is 0 Å². The predicted octanol–water partition coefficient (Wildman–Crippen LogP) is 4.87. The molecule has 1 heterocycles. The molecule has 180 valence electrons. The Kier molecular flexibility index (Phi) is 6.22. The minimum Gasteiger partial charge on any atom is -0.340 e. The summed E-state index contributed by atoms with van der Waals surface area (Å²) in [5.41, 5.74) is 0.236. The van der Waals surface area contributed by atoms with Crippen LogP contribution in [-0.2, 0) is 9.59 Å². The van der Waals surface area contributed by atoms with E-state index in [1.807, 2.05) is 4.90 Å². The van der Waals surface area contributed by atoms with Crippen LogP contribution in [-0.4, -0.2) is 54.2 Å². The van der Waals surface area contributed by atoms with Crippen LogP contribution >= 0.6 is 0 Å². The lowest BCUT2D eigenvalue weighted by molar-refractivity contribution is -0.133. The minimum absolute atomic E-state index is 0.162. The van der Waals surface area contributed by atoms with Gasteiger partial charge in [0.25, 0.3) is 0 Å². The van der Waals surface area contributed by atoms with Crippen molar-refractivity contribution in [3.8, 4) is 0 Å². The van der Waals surface area contributed by atoms with Crippen molar-refractivity contribution in [3.05, 3.63) is 0 Å². The Morgan fingerprint density at radius 3 is 2.28 bits per heavy atom. The van der Waals surface area contributed by atoms with Gasteiger partial charge in [0.05, 0.1) is 6.54 Å². The number of hydrogen-bond donors (Lipinski definition) is 0. The molecular weight excluding hydrogens is 396 g/mol. The predicted molar refractivity (Wildman–Crippen MR) is 128 cm³/mol. The lowest BCUT2D eigenvalue weighted by atomic mass is 9.48. The van der Waals surface area contributed by atoms with Gasteiger partial charge in [0, 0.05) is 39.0 Å². The quantitative estimate of drug-likeness (QED) is 0.626. The summed E-state index contributed by atoms with van der Waals surface area (Å²) in [5.74, 6) is 7.28. The Morgan fingerprint density at radius 1 is 0.844 bits per heavy atom. The maximum atomic E-state index is 13.5. The molecule has 1 amide bonds. The average molecular weight is 443 g/mol. The van der Waals surface area contributed by atoms with E-state index < -0.39 is 0 Å². The molecule has 4 saturated carbocycles. The van der Waals surface area contributed by atoms with Gasteiger partial charge in [-0.25, -0.2) is 0 Å². The summed E-state index contributed by atoms with van der Waals surface area (Å²) in [4.78, 5) is 29.4. The SMILES string of the molecule is CC(=O)N1CCN(CC(=O)C2CCC3C4CCC5CC(C)C(C)CC5C4CCC23C)CC1. The first-order valence-corrected chi connectivity index (χ1v) is 13.8. The number of Topliss-reactive ketones (excluding diaryl/α,β-unsaturated/α-hetero) is 1. The second-order valence-electron chi connectivity index (χ2n) is 12.8. The molecule has 1 saturated heterocycles. The molecular formula is C28H46N2O2. The van der Waals surface area contributed by atoms with Crippen molar-refractivity contribution in [2.75, 3.05) is 32.7 Å². The molecule has 32 heavy (non-hydrogen) atoms. The van der Waals surface area contributed by atoms with Gasteiger partial charge in [0.15, 0.2) is 0 Å². The van der Waals surface area contributed by atoms with Crippen LogP contribution in [0.4, 0.5) is 0 Å². The van der Waals surface area contributed by atoms with E-state index in [0.717, 1.165) is 74.0 Å². The molecule has 4 nitrogen and oxygen atoms in total. The molecule has 0 radical (unpaired) electrons. The summed E-state index contributed by atoms with van der Waals surface area (Å²) in [6, 6.07) is 0. The fourth-order valence-electron chi connectivity index (χ4n) is 9.35. The highest BCUT2D eigenvalue weighted by atomic mass is 16.2. The molecule has 4 heteroatoms. The van der Waals surface area contributed by atoms with Crippen LogP contribution in [0, 0.1) is 52.8 Å². The van der Waals surface area contributed by atoms with E-state index in [1.54, 1.807) is 6.92 Å². The molecule has 0 N–H and O–H groups in total. The Hall–Kier alpha value is -0.900. The number of carbonyl (C=O) groups is 2. The second kappa shape index (κ2) is 8.71. The van der Waals surface area contributed by atoms with Crippen molar-refractivity contribution < 1.29 is 9.59 Å². The molecule has 0 spiro atoms. The number of piperazine rings is 1. The molecule has 0 aromatic carbocycles. The Bertz CT molecular complexity index is 729. The molecule has 0 aromatic rings. The van der Waals surface area contributed by atoms with Crippen LogP contribution in [0.3, 0.4) is 0 Å². The highest BCUT2D eigenvalue weighted by molar-refractivity contribution is 5.84. The normalized spacial score (nSPS) is 46.8. The summed E-state index contributed by atoms with van der Waals surface area (Å²) >= 11 is 0. The highest BCUT2D eigenvalue weighted by Gasteiger charge is 2.58. The first-order chi connectivity index (χ1) is 15.3. The zero-order chi connectivity index (χ0) is 22.6. The highest BCUT2D eigenvalue weighted by Crippen LogP contribution is 2.64. The average Bonchev–Trinajstić information content (AvgIpc) is 3.12. The minimum atomic E-state index is 0.162. The number of rotatable bonds is 3. The molecule has 0 bridgehead atoms. The Labute approximate surface area is 195 Å².